The highest BCUT2D eigenvalue weighted by Crippen LogP contribution is 2.23. The van der Waals surface area contributed by atoms with Crippen LogP contribution < -0.4 is 10.6 Å². The van der Waals surface area contributed by atoms with Crippen LogP contribution in [-0.2, 0) is 6.54 Å². The Morgan fingerprint density at radius 1 is 1.29 bits per heavy atom. The predicted octanol–water partition coefficient (Wildman–Crippen LogP) is 3.96. The van der Waals surface area contributed by atoms with Crippen LogP contribution in [0.4, 0.5) is 0 Å². The first-order valence-corrected chi connectivity index (χ1v) is 9.03. The van der Waals surface area contributed by atoms with Gasteiger partial charge in [-0.3, -0.25) is 4.99 Å². The summed E-state index contributed by atoms with van der Waals surface area (Å²) in [6, 6.07) is 4.54. The summed E-state index contributed by atoms with van der Waals surface area (Å²) in [5, 5.41) is 6.91. The first-order chi connectivity index (χ1) is 11.1. The highest BCUT2D eigenvalue weighted by atomic mass is 127. The van der Waals surface area contributed by atoms with E-state index in [4.69, 9.17) is 0 Å². The van der Waals surface area contributed by atoms with Crippen molar-refractivity contribution in [1.82, 2.24) is 20.0 Å². The Bertz CT molecular complexity index is 691. The van der Waals surface area contributed by atoms with Gasteiger partial charge in [0.05, 0.1) is 12.2 Å². The van der Waals surface area contributed by atoms with Gasteiger partial charge in [-0.2, -0.15) is 0 Å². The molecule has 132 valence electrons. The number of nitrogens with one attached hydrogen (secondary N) is 2. The Morgan fingerprint density at radius 3 is 2.75 bits per heavy atom. The zero-order valence-corrected chi connectivity index (χ0v) is 18.0. The van der Waals surface area contributed by atoms with E-state index in [2.05, 4.69) is 43.5 Å². The zero-order valence-electron chi connectivity index (χ0n) is 14.1. The average Bonchev–Trinajstić information content (AvgIpc) is 2.95. The van der Waals surface area contributed by atoms with Gasteiger partial charge in [-0.05, 0) is 59.7 Å². The van der Waals surface area contributed by atoms with E-state index in [0.717, 1.165) is 27.7 Å². The molecule has 0 amide bonds. The van der Waals surface area contributed by atoms with Gasteiger partial charge < -0.3 is 15.0 Å². The Morgan fingerprint density at radius 2 is 2.04 bits per heavy atom. The molecule has 0 saturated heterocycles. The minimum Gasteiger partial charge on any atom is -0.354 e. The molecule has 1 aliphatic carbocycles. The lowest BCUT2D eigenvalue weighted by atomic mass is 9.87. The zero-order chi connectivity index (χ0) is 16.2. The molecular weight excluding hydrogens is 481 g/mol. The number of rotatable bonds is 3. The average molecular weight is 506 g/mol. The number of pyridine rings is 1. The minimum atomic E-state index is 0. The topological polar surface area (TPSA) is 53.7 Å². The lowest BCUT2D eigenvalue weighted by molar-refractivity contribution is 0.329. The molecule has 24 heavy (non-hydrogen) atoms. The summed E-state index contributed by atoms with van der Waals surface area (Å²) in [5.74, 6) is 1.73. The third kappa shape index (κ3) is 5.08. The van der Waals surface area contributed by atoms with Gasteiger partial charge in [-0.1, -0.05) is 6.92 Å². The maximum Gasteiger partial charge on any atom is 0.191 e. The highest BCUT2D eigenvalue weighted by Gasteiger charge is 2.18. The summed E-state index contributed by atoms with van der Waals surface area (Å²) in [4.78, 5) is 8.95. The van der Waals surface area contributed by atoms with E-state index < -0.39 is 0 Å². The van der Waals surface area contributed by atoms with Crippen molar-refractivity contribution in [2.45, 2.75) is 45.2 Å². The molecular formula is C17H25BrIN5. The van der Waals surface area contributed by atoms with Gasteiger partial charge in [0, 0.05) is 30.0 Å². The maximum absolute atomic E-state index is 4.61. The van der Waals surface area contributed by atoms with Crippen molar-refractivity contribution in [1.29, 1.82) is 0 Å². The number of guanidine groups is 1. The van der Waals surface area contributed by atoms with Crippen molar-refractivity contribution in [2.75, 3.05) is 7.05 Å². The third-order valence-corrected chi connectivity index (χ3v) is 4.95. The second-order valence-corrected chi connectivity index (χ2v) is 7.29. The van der Waals surface area contributed by atoms with Crippen molar-refractivity contribution < 1.29 is 0 Å². The molecule has 1 saturated carbocycles. The van der Waals surface area contributed by atoms with Crippen LogP contribution in [0.25, 0.3) is 5.65 Å². The first-order valence-electron chi connectivity index (χ1n) is 8.24. The van der Waals surface area contributed by atoms with Crippen LogP contribution in [0.2, 0.25) is 0 Å². The molecule has 0 atom stereocenters. The van der Waals surface area contributed by atoms with Crippen LogP contribution in [-0.4, -0.2) is 28.4 Å². The van der Waals surface area contributed by atoms with Crippen LogP contribution in [0.5, 0.6) is 0 Å². The molecule has 0 spiro atoms. The highest BCUT2D eigenvalue weighted by molar-refractivity contribution is 14.0. The van der Waals surface area contributed by atoms with Crippen LogP contribution in [0.3, 0.4) is 0 Å². The number of fused-ring (bicyclic) bond motifs is 1. The van der Waals surface area contributed by atoms with Crippen molar-refractivity contribution in [3.63, 3.8) is 0 Å². The molecule has 2 N–H and O–H groups in total. The summed E-state index contributed by atoms with van der Waals surface area (Å²) in [5.41, 5.74) is 1.96. The standard InChI is InChI=1S/C17H24BrN5.HI/c1-12-3-6-14(7-4-12)22-17(19-2)20-9-15-11-23-10-13(18)5-8-16(23)21-15;/h5,8,10-12,14H,3-4,6-7,9H2,1-2H3,(H2,19,20,22);1H. The number of aromatic nitrogens is 2. The van der Waals surface area contributed by atoms with Crippen molar-refractivity contribution >= 4 is 51.5 Å². The van der Waals surface area contributed by atoms with E-state index in [9.17, 15) is 0 Å². The van der Waals surface area contributed by atoms with Gasteiger partial charge in [0.25, 0.3) is 0 Å². The van der Waals surface area contributed by atoms with Crippen LogP contribution in [0, 0.1) is 5.92 Å². The van der Waals surface area contributed by atoms with E-state index in [-0.39, 0.29) is 24.0 Å². The largest absolute Gasteiger partial charge is 0.354 e. The van der Waals surface area contributed by atoms with Crippen LogP contribution in [0.1, 0.15) is 38.3 Å². The van der Waals surface area contributed by atoms with E-state index in [1.54, 1.807) is 0 Å². The fourth-order valence-electron chi connectivity index (χ4n) is 3.07. The molecule has 2 heterocycles. The van der Waals surface area contributed by atoms with Gasteiger partial charge in [0.1, 0.15) is 5.65 Å². The maximum atomic E-state index is 4.61. The molecule has 3 rings (SSSR count). The molecule has 0 radical (unpaired) electrons. The Balaban J connectivity index is 0.00000208. The monoisotopic (exact) mass is 505 g/mol. The summed E-state index contributed by atoms with van der Waals surface area (Å²) in [6.45, 7) is 3.01. The van der Waals surface area contributed by atoms with Crippen molar-refractivity contribution in [3.05, 3.63) is 34.7 Å². The van der Waals surface area contributed by atoms with Gasteiger partial charge in [-0.15, -0.1) is 24.0 Å². The lowest BCUT2D eigenvalue weighted by Gasteiger charge is -2.28. The Kier molecular flexibility index (Phi) is 7.34. The summed E-state index contributed by atoms with van der Waals surface area (Å²) < 4.78 is 3.07. The molecule has 0 bridgehead atoms. The molecule has 1 fully saturated rings. The van der Waals surface area contributed by atoms with Gasteiger partial charge in [0.2, 0.25) is 0 Å². The summed E-state index contributed by atoms with van der Waals surface area (Å²) in [7, 11) is 1.82. The van der Waals surface area contributed by atoms with E-state index >= 15 is 0 Å². The SMILES string of the molecule is CN=C(NCc1cn2cc(Br)ccc2n1)NC1CCC(C)CC1.I. The third-order valence-electron chi connectivity index (χ3n) is 4.48. The van der Waals surface area contributed by atoms with E-state index in [0.29, 0.717) is 12.6 Å². The van der Waals surface area contributed by atoms with Crippen molar-refractivity contribution in [3.8, 4) is 0 Å². The molecule has 0 aromatic carbocycles. The fourth-order valence-corrected chi connectivity index (χ4v) is 3.42. The minimum absolute atomic E-state index is 0. The second kappa shape index (κ2) is 9.03. The fraction of sp³-hybridized carbons (Fsp3) is 0.529. The Labute approximate surface area is 168 Å². The van der Waals surface area contributed by atoms with Gasteiger partial charge in [-0.25, -0.2) is 4.98 Å². The normalized spacial score (nSPS) is 21.4. The van der Waals surface area contributed by atoms with E-state index in [1.807, 2.05) is 36.0 Å². The van der Waals surface area contributed by atoms with Gasteiger partial charge >= 0.3 is 0 Å². The quantitative estimate of drug-likeness (QED) is 0.377. The molecule has 0 unspecified atom stereocenters. The molecule has 2 aromatic rings. The smallest absolute Gasteiger partial charge is 0.191 e. The lowest BCUT2D eigenvalue weighted by Crippen LogP contribution is -2.44. The first kappa shape index (κ1) is 19.5. The molecule has 2 aromatic heterocycles. The number of aliphatic imine (C=N–C) groups is 1. The number of halogens is 2. The number of hydrogen-bond donors (Lipinski definition) is 2. The number of imidazole rings is 1. The predicted molar refractivity (Wildman–Crippen MR) is 113 cm³/mol. The molecule has 7 heteroatoms. The second-order valence-electron chi connectivity index (χ2n) is 6.37. The van der Waals surface area contributed by atoms with Crippen LogP contribution in [0.15, 0.2) is 34.0 Å². The van der Waals surface area contributed by atoms with E-state index in [1.165, 1.54) is 25.7 Å². The van der Waals surface area contributed by atoms with Crippen LogP contribution >= 0.6 is 39.9 Å². The Hall–Kier alpha value is -0.830. The number of nitrogens with zero attached hydrogens (tertiary/aromatic N) is 3. The number of hydrogen-bond acceptors (Lipinski definition) is 2. The molecule has 0 aliphatic heterocycles. The van der Waals surface area contributed by atoms with Crippen molar-refractivity contribution in [2.24, 2.45) is 10.9 Å². The molecule has 1 aliphatic rings. The van der Waals surface area contributed by atoms with Gasteiger partial charge in [0.15, 0.2) is 5.96 Å². The summed E-state index contributed by atoms with van der Waals surface area (Å²) in [6.07, 6.45) is 9.12. The summed E-state index contributed by atoms with van der Waals surface area (Å²) >= 11 is 3.48. The molecule has 5 nitrogen and oxygen atoms in total.